The van der Waals surface area contributed by atoms with Gasteiger partial charge >= 0.3 is 0 Å². The maximum absolute atomic E-state index is 9.81. The highest BCUT2D eigenvalue weighted by Gasteiger charge is 2.38. The van der Waals surface area contributed by atoms with Crippen molar-refractivity contribution in [2.45, 2.75) is 38.3 Å². The summed E-state index contributed by atoms with van der Waals surface area (Å²) < 4.78 is 10.9. The summed E-state index contributed by atoms with van der Waals surface area (Å²) in [6.07, 6.45) is 6.21. The van der Waals surface area contributed by atoms with E-state index in [2.05, 4.69) is 4.90 Å². The summed E-state index contributed by atoms with van der Waals surface area (Å²) in [6.45, 7) is 3.63. The zero-order valence-electron chi connectivity index (χ0n) is 11.4. The summed E-state index contributed by atoms with van der Waals surface area (Å²) in [5, 5.41) is 9.81. The summed E-state index contributed by atoms with van der Waals surface area (Å²) >= 11 is 0. The third kappa shape index (κ3) is 3.19. The first-order valence-corrected chi connectivity index (χ1v) is 7.26. The molecule has 1 aliphatic heterocycles. The van der Waals surface area contributed by atoms with Gasteiger partial charge in [0, 0.05) is 31.2 Å². The van der Waals surface area contributed by atoms with Gasteiger partial charge < -0.3 is 14.3 Å². The lowest BCUT2D eigenvalue weighted by molar-refractivity contribution is -0.0377. The van der Waals surface area contributed by atoms with Crippen molar-refractivity contribution in [3.05, 3.63) is 24.2 Å². The standard InChI is InChI=1S/C15H23NO3/c17-12-15(5-8-18-9-6-15)11-16(13-3-4-13)10-14-2-1-7-19-14/h1-2,7,13,17H,3-6,8-12H2. The number of ether oxygens (including phenoxy) is 1. The van der Waals surface area contributed by atoms with Gasteiger partial charge in [0.05, 0.1) is 19.4 Å². The van der Waals surface area contributed by atoms with Crippen molar-refractivity contribution >= 4 is 0 Å². The quantitative estimate of drug-likeness (QED) is 0.855. The lowest BCUT2D eigenvalue weighted by atomic mass is 9.80. The minimum atomic E-state index is 0.0213. The van der Waals surface area contributed by atoms with E-state index in [0.717, 1.165) is 44.9 Å². The molecular weight excluding hydrogens is 242 g/mol. The molecule has 0 bridgehead atoms. The van der Waals surface area contributed by atoms with Crippen molar-refractivity contribution in [1.29, 1.82) is 0 Å². The Morgan fingerprint density at radius 1 is 1.32 bits per heavy atom. The monoisotopic (exact) mass is 265 g/mol. The van der Waals surface area contributed by atoms with Gasteiger partial charge in [-0.1, -0.05) is 0 Å². The van der Waals surface area contributed by atoms with Crippen LogP contribution >= 0.6 is 0 Å². The molecule has 2 aliphatic rings. The molecule has 1 saturated carbocycles. The molecule has 1 aromatic heterocycles. The molecular formula is C15H23NO3. The molecule has 106 valence electrons. The van der Waals surface area contributed by atoms with Crippen LogP contribution < -0.4 is 0 Å². The van der Waals surface area contributed by atoms with Crippen LogP contribution in [0, 0.1) is 5.41 Å². The van der Waals surface area contributed by atoms with E-state index in [1.54, 1.807) is 6.26 Å². The Labute approximate surface area is 114 Å². The zero-order valence-corrected chi connectivity index (χ0v) is 11.4. The summed E-state index contributed by atoms with van der Waals surface area (Å²) in [7, 11) is 0. The van der Waals surface area contributed by atoms with Crippen LogP contribution in [0.5, 0.6) is 0 Å². The van der Waals surface area contributed by atoms with Gasteiger partial charge in [-0.2, -0.15) is 0 Å². The average Bonchev–Trinajstić information content (AvgIpc) is 3.18. The van der Waals surface area contributed by atoms with Crippen LogP contribution in [0.1, 0.15) is 31.4 Å². The van der Waals surface area contributed by atoms with Gasteiger partial charge in [0.1, 0.15) is 5.76 Å². The molecule has 2 fully saturated rings. The summed E-state index contributed by atoms with van der Waals surface area (Å²) in [4.78, 5) is 2.49. The molecule has 0 spiro atoms. The van der Waals surface area contributed by atoms with Crippen molar-refractivity contribution in [1.82, 2.24) is 4.90 Å². The van der Waals surface area contributed by atoms with Gasteiger partial charge in [-0.25, -0.2) is 0 Å². The Bertz CT molecular complexity index is 380. The number of furan rings is 1. The predicted molar refractivity (Wildman–Crippen MR) is 71.7 cm³/mol. The summed E-state index contributed by atoms with van der Waals surface area (Å²) in [5.41, 5.74) is 0.0213. The first-order chi connectivity index (χ1) is 9.31. The number of rotatable bonds is 6. The molecule has 1 aromatic rings. The van der Waals surface area contributed by atoms with E-state index >= 15 is 0 Å². The van der Waals surface area contributed by atoms with E-state index < -0.39 is 0 Å². The first-order valence-electron chi connectivity index (χ1n) is 7.26. The average molecular weight is 265 g/mol. The Morgan fingerprint density at radius 2 is 2.11 bits per heavy atom. The molecule has 0 amide bonds. The van der Waals surface area contributed by atoms with Gasteiger partial charge in [-0.05, 0) is 37.8 Å². The fourth-order valence-corrected chi connectivity index (χ4v) is 2.96. The van der Waals surface area contributed by atoms with E-state index in [1.807, 2.05) is 12.1 Å². The number of hydrogen-bond acceptors (Lipinski definition) is 4. The normalized spacial score (nSPS) is 22.8. The van der Waals surface area contributed by atoms with Gasteiger partial charge in [0.25, 0.3) is 0 Å². The predicted octanol–water partition coefficient (Wildman–Crippen LogP) is 2.03. The first kappa shape index (κ1) is 13.2. The topological polar surface area (TPSA) is 45.8 Å². The largest absolute Gasteiger partial charge is 0.468 e. The molecule has 1 N–H and O–H groups in total. The van der Waals surface area contributed by atoms with Gasteiger partial charge in [0.2, 0.25) is 0 Å². The van der Waals surface area contributed by atoms with E-state index in [1.165, 1.54) is 12.8 Å². The molecule has 0 atom stereocenters. The minimum absolute atomic E-state index is 0.0213. The number of nitrogens with zero attached hydrogens (tertiary/aromatic N) is 1. The van der Waals surface area contributed by atoms with E-state index in [0.29, 0.717) is 6.04 Å². The van der Waals surface area contributed by atoms with Crippen LogP contribution in [-0.4, -0.2) is 42.4 Å². The third-order valence-corrected chi connectivity index (χ3v) is 4.43. The van der Waals surface area contributed by atoms with Crippen molar-refractivity contribution < 1.29 is 14.3 Å². The maximum atomic E-state index is 9.81. The van der Waals surface area contributed by atoms with Gasteiger partial charge in [-0.15, -0.1) is 0 Å². The molecule has 4 nitrogen and oxygen atoms in total. The number of aliphatic hydroxyl groups is 1. The van der Waals surface area contributed by atoms with Crippen LogP contribution in [-0.2, 0) is 11.3 Å². The Morgan fingerprint density at radius 3 is 2.68 bits per heavy atom. The second-order valence-corrected chi connectivity index (χ2v) is 5.99. The highest BCUT2D eigenvalue weighted by molar-refractivity contribution is 5.01. The van der Waals surface area contributed by atoms with E-state index in [-0.39, 0.29) is 12.0 Å². The molecule has 3 rings (SSSR count). The fraction of sp³-hybridized carbons (Fsp3) is 0.733. The van der Waals surface area contributed by atoms with Gasteiger partial charge in [-0.3, -0.25) is 4.90 Å². The van der Waals surface area contributed by atoms with Crippen LogP contribution in [0.3, 0.4) is 0 Å². The molecule has 19 heavy (non-hydrogen) atoms. The molecule has 4 heteroatoms. The van der Waals surface area contributed by atoms with Crippen LogP contribution in [0.15, 0.2) is 22.8 Å². The number of aliphatic hydroxyl groups excluding tert-OH is 1. The van der Waals surface area contributed by atoms with Crippen molar-refractivity contribution in [3.63, 3.8) is 0 Å². The maximum Gasteiger partial charge on any atom is 0.117 e. The number of hydrogen-bond donors (Lipinski definition) is 1. The molecule has 0 unspecified atom stereocenters. The van der Waals surface area contributed by atoms with Crippen LogP contribution in [0.2, 0.25) is 0 Å². The zero-order chi connectivity index (χ0) is 13.1. The lowest BCUT2D eigenvalue weighted by Gasteiger charge is -2.39. The highest BCUT2D eigenvalue weighted by atomic mass is 16.5. The second-order valence-electron chi connectivity index (χ2n) is 5.99. The van der Waals surface area contributed by atoms with Crippen LogP contribution in [0.4, 0.5) is 0 Å². The Balaban J connectivity index is 1.66. The Hall–Kier alpha value is -0.840. The van der Waals surface area contributed by atoms with Crippen molar-refractivity contribution in [2.75, 3.05) is 26.4 Å². The summed E-state index contributed by atoms with van der Waals surface area (Å²) in [5.74, 6) is 1.02. The van der Waals surface area contributed by atoms with Crippen molar-refractivity contribution in [3.8, 4) is 0 Å². The fourth-order valence-electron chi connectivity index (χ4n) is 2.96. The molecule has 0 radical (unpaired) electrons. The van der Waals surface area contributed by atoms with Gasteiger partial charge in [0.15, 0.2) is 0 Å². The smallest absolute Gasteiger partial charge is 0.117 e. The highest BCUT2D eigenvalue weighted by Crippen LogP contribution is 2.36. The SMILES string of the molecule is OCC1(CN(Cc2ccco2)C2CC2)CCOCC1. The molecule has 2 heterocycles. The van der Waals surface area contributed by atoms with Crippen molar-refractivity contribution in [2.24, 2.45) is 5.41 Å². The second kappa shape index (κ2) is 5.65. The molecule has 1 aliphatic carbocycles. The summed E-state index contributed by atoms with van der Waals surface area (Å²) in [6, 6.07) is 4.65. The van der Waals surface area contributed by atoms with E-state index in [9.17, 15) is 5.11 Å². The van der Waals surface area contributed by atoms with E-state index in [4.69, 9.17) is 9.15 Å². The third-order valence-electron chi connectivity index (χ3n) is 4.43. The molecule has 1 saturated heterocycles. The minimum Gasteiger partial charge on any atom is -0.468 e. The van der Waals surface area contributed by atoms with Crippen LogP contribution in [0.25, 0.3) is 0 Å². The lowest BCUT2D eigenvalue weighted by Crippen LogP contribution is -2.44. The Kier molecular flexibility index (Phi) is 3.91. The molecule has 0 aromatic carbocycles.